The number of ether oxygens (including phenoxy) is 3. The third-order valence-corrected chi connectivity index (χ3v) is 4.15. The number of esters is 2. The Hall–Kier alpha value is -2.82. The van der Waals surface area contributed by atoms with E-state index in [2.05, 4.69) is 6.92 Å². The molecule has 0 fully saturated rings. The predicted molar refractivity (Wildman–Crippen MR) is 108 cm³/mol. The summed E-state index contributed by atoms with van der Waals surface area (Å²) < 4.78 is 15.8. The van der Waals surface area contributed by atoms with Gasteiger partial charge < -0.3 is 14.2 Å². The number of hydrogen-bond donors (Lipinski definition) is 0. The van der Waals surface area contributed by atoms with Crippen molar-refractivity contribution < 1.29 is 23.8 Å². The zero-order valence-electron chi connectivity index (χ0n) is 16.6. The highest BCUT2D eigenvalue weighted by Gasteiger charge is 2.07. The van der Waals surface area contributed by atoms with Crippen molar-refractivity contribution in [3.63, 3.8) is 0 Å². The van der Waals surface area contributed by atoms with E-state index in [-0.39, 0.29) is 11.9 Å². The van der Waals surface area contributed by atoms with Gasteiger partial charge >= 0.3 is 11.9 Å². The minimum Gasteiger partial charge on any atom is -0.494 e. The Labute approximate surface area is 166 Å². The Kier molecular flexibility index (Phi) is 9.05. The number of benzene rings is 2. The van der Waals surface area contributed by atoms with E-state index in [1.807, 2.05) is 36.4 Å². The maximum Gasteiger partial charge on any atom is 0.338 e. The van der Waals surface area contributed by atoms with E-state index in [1.54, 1.807) is 12.1 Å². The third-order valence-electron chi connectivity index (χ3n) is 4.15. The molecule has 0 aliphatic carbocycles. The highest BCUT2D eigenvalue weighted by molar-refractivity contribution is 5.90. The number of hydrogen-bond acceptors (Lipinski definition) is 5. The number of unbranched alkanes of at least 4 members (excludes halogenated alkanes) is 2. The first-order valence-electron chi connectivity index (χ1n) is 9.74. The average Bonchev–Trinajstić information content (AvgIpc) is 2.71. The van der Waals surface area contributed by atoms with Crippen molar-refractivity contribution in [2.24, 2.45) is 0 Å². The van der Waals surface area contributed by atoms with E-state index in [1.165, 1.54) is 6.92 Å². The summed E-state index contributed by atoms with van der Waals surface area (Å²) in [5.74, 6) is 0.223. The van der Waals surface area contributed by atoms with Gasteiger partial charge in [0.15, 0.2) is 0 Å². The summed E-state index contributed by atoms with van der Waals surface area (Å²) in [5, 5.41) is 0. The van der Waals surface area contributed by atoms with Gasteiger partial charge in [0.25, 0.3) is 0 Å². The molecule has 2 aromatic rings. The van der Waals surface area contributed by atoms with Crippen LogP contribution in [0.5, 0.6) is 5.75 Å². The van der Waals surface area contributed by atoms with Crippen molar-refractivity contribution in [1.29, 1.82) is 0 Å². The van der Waals surface area contributed by atoms with Crippen LogP contribution in [0.15, 0.2) is 48.5 Å². The van der Waals surface area contributed by atoms with Gasteiger partial charge in [-0.2, -0.15) is 0 Å². The highest BCUT2D eigenvalue weighted by Crippen LogP contribution is 2.23. The fourth-order valence-corrected chi connectivity index (χ4v) is 2.54. The van der Waals surface area contributed by atoms with E-state index < -0.39 is 0 Å². The van der Waals surface area contributed by atoms with Gasteiger partial charge in [0, 0.05) is 6.92 Å². The third kappa shape index (κ3) is 7.43. The van der Waals surface area contributed by atoms with Crippen LogP contribution in [-0.2, 0) is 14.3 Å². The van der Waals surface area contributed by atoms with E-state index in [0.29, 0.717) is 31.6 Å². The molecule has 0 heterocycles. The van der Waals surface area contributed by atoms with Crippen LogP contribution in [0.3, 0.4) is 0 Å². The largest absolute Gasteiger partial charge is 0.494 e. The molecule has 0 aliphatic rings. The van der Waals surface area contributed by atoms with Gasteiger partial charge in [-0.1, -0.05) is 37.6 Å². The predicted octanol–water partition coefficient (Wildman–Crippen LogP) is 5.03. The summed E-state index contributed by atoms with van der Waals surface area (Å²) in [5.41, 5.74) is 2.61. The van der Waals surface area contributed by atoms with E-state index in [9.17, 15) is 9.59 Å². The molecule has 5 heteroatoms. The molecule has 0 bridgehead atoms. The molecule has 0 saturated carbocycles. The van der Waals surface area contributed by atoms with Gasteiger partial charge in [0.2, 0.25) is 0 Å². The first kappa shape index (κ1) is 21.5. The van der Waals surface area contributed by atoms with E-state index >= 15 is 0 Å². The minimum atomic E-state index is -0.348. The topological polar surface area (TPSA) is 61.8 Å². The van der Waals surface area contributed by atoms with Crippen molar-refractivity contribution in [2.45, 2.75) is 39.5 Å². The van der Waals surface area contributed by atoms with Crippen molar-refractivity contribution in [3.05, 3.63) is 54.1 Å². The van der Waals surface area contributed by atoms with Crippen molar-refractivity contribution in [1.82, 2.24) is 0 Å². The fraction of sp³-hybridized carbons (Fsp3) is 0.391. The lowest BCUT2D eigenvalue weighted by Gasteiger charge is -2.08. The molecule has 0 spiro atoms. The van der Waals surface area contributed by atoms with Crippen LogP contribution < -0.4 is 4.74 Å². The molecule has 2 aromatic carbocycles. The SMILES string of the molecule is CCCCOc1ccc(-c2ccc(C(=O)OCCCCOC(C)=O)cc2)cc1. The highest BCUT2D eigenvalue weighted by atomic mass is 16.5. The Morgan fingerprint density at radius 3 is 1.89 bits per heavy atom. The van der Waals surface area contributed by atoms with Crippen LogP contribution in [-0.4, -0.2) is 31.8 Å². The molecule has 0 saturated heterocycles. The van der Waals surface area contributed by atoms with Gasteiger partial charge in [-0.25, -0.2) is 4.79 Å². The molecule has 0 N–H and O–H groups in total. The zero-order valence-corrected chi connectivity index (χ0v) is 16.6. The summed E-state index contributed by atoms with van der Waals surface area (Å²) in [6, 6.07) is 15.3. The van der Waals surface area contributed by atoms with Gasteiger partial charge in [0.05, 0.1) is 25.4 Å². The van der Waals surface area contributed by atoms with Crippen molar-refractivity contribution in [2.75, 3.05) is 19.8 Å². The Bertz CT molecular complexity index is 735. The fourth-order valence-electron chi connectivity index (χ4n) is 2.54. The van der Waals surface area contributed by atoms with Crippen molar-refractivity contribution >= 4 is 11.9 Å². The molecule has 0 radical (unpaired) electrons. The van der Waals surface area contributed by atoms with E-state index in [0.717, 1.165) is 36.3 Å². The Morgan fingerprint density at radius 1 is 0.750 bits per heavy atom. The molecule has 28 heavy (non-hydrogen) atoms. The van der Waals surface area contributed by atoms with Crippen molar-refractivity contribution in [3.8, 4) is 16.9 Å². The Morgan fingerprint density at radius 2 is 1.32 bits per heavy atom. The summed E-state index contributed by atoms with van der Waals surface area (Å²) >= 11 is 0. The standard InChI is InChI=1S/C23H28O5/c1-3-4-15-27-22-13-11-20(12-14-22)19-7-9-21(10-8-19)23(25)28-17-6-5-16-26-18(2)24/h7-14H,3-6,15-17H2,1-2H3. The normalized spacial score (nSPS) is 10.4. The molecule has 150 valence electrons. The lowest BCUT2D eigenvalue weighted by molar-refractivity contribution is -0.141. The van der Waals surface area contributed by atoms with Gasteiger partial charge in [0.1, 0.15) is 5.75 Å². The average molecular weight is 384 g/mol. The first-order valence-corrected chi connectivity index (χ1v) is 9.74. The molecule has 0 aliphatic heterocycles. The molecule has 0 unspecified atom stereocenters. The second-order valence-electron chi connectivity index (χ2n) is 6.49. The number of carbonyl (C=O) groups is 2. The van der Waals surface area contributed by atoms with Crippen LogP contribution in [0.2, 0.25) is 0 Å². The Balaban J connectivity index is 1.80. The molecule has 2 rings (SSSR count). The molecule has 0 atom stereocenters. The quantitative estimate of drug-likeness (QED) is 0.401. The second kappa shape index (κ2) is 11.8. The number of rotatable bonds is 11. The first-order chi connectivity index (χ1) is 13.6. The van der Waals surface area contributed by atoms with Crippen LogP contribution >= 0.6 is 0 Å². The second-order valence-corrected chi connectivity index (χ2v) is 6.49. The summed E-state index contributed by atoms with van der Waals surface area (Å²) in [6.45, 7) is 4.90. The molecular formula is C23H28O5. The molecule has 0 aromatic heterocycles. The smallest absolute Gasteiger partial charge is 0.338 e. The summed E-state index contributed by atoms with van der Waals surface area (Å²) in [6.07, 6.45) is 3.49. The maximum absolute atomic E-state index is 12.1. The molecule has 5 nitrogen and oxygen atoms in total. The van der Waals surface area contributed by atoms with Crippen LogP contribution in [0.4, 0.5) is 0 Å². The molecule has 0 amide bonds. The lowest BCUT2D eigenvalue weighted by Crippen LogP contribution is -2.07. The zero-order chi connectivity index (χ0) is 20.2. The number of carbonyl (C=O) groups excluding carboxylic acids is 2. The lowest BCUT2D eigenvalue weighted by atomic mass is 10.0. The van der Waals surface area contributed by atoms with Crippen LogP contribution in [0, 0.1) is 0 Å². The maximum atomic E-state index is 12.1. The van der Waals surface area contributed by atoms with Crippen LogP contribution in [0.25, 0.3) is 11.1 Å². The molecular weight excluding hydrogens is 356 g/mol. The summed E-state index contributed by atoms with van der Waals surface area (Å²) in [7, 11) is 0. The van der Waals surface area contributed by atoms with Gasteiger partial charge in [-0.05, 0) is 54.7 Å². The van der Waals surface area contributed by atoms with E-state index in [4.69, 9.17) is 14.2 Å². The van der Waals surface area contributed by atoms with Gasteiger partial charge in [-0.3, -0.25) is 4.79 Å². The van der Waals surface area contributed by atoms with Crippen LogP contribution in [0.1, 0.15) is 49.9 Å². The minimum absolute atomic E-state index is 0.296. The summed E-state index contributed by atoms with van der Waals surface area (Å²) in [4.78, 5) is 22.7. The monoisotopic (exact) mass is 384 g/mol. The van der Waals surface area contributed by atoms with Gasteiger partial charge in [-0.15, -0.1) is 0 Å².